The molecule has 0 radical (unpaired) electrons. The van der Waals surface area contributed by atoms with E-state index in [4.69, 9.17) is 5.11 Å². The molecule has 1 N–H and O–H groups in total. The van der Waals surface area contributed by atoms with Crippen LogP contribution in [0.3, 0.4) is 0 Å². The average Bonchev–Trinajstić information content (AvgIpc) is 2.55. The van der Waals surface area contributed by atoms with E-state index in [9.17, 15) is 0 Å². The van der Waals surface area contributed by atoms with Crippen LogP contribution in [0.5, 0.6) is 0 Å². The number of hydrogen-bond donors (Lipinski definition) is 2. The van der Waals surface area contributed by atoms with E-state index in [1.165, 1.54) is 15.6 Å². The van der Waals surface area contributed by atoms with E-state index < -0.39 is 0 Å². The quantitative estimate of drug-likeness (QED) is 0.750. The lowest BCUT2D eigenvalue weighted by Crippen LogP contribution is -1.78. The Morgan fingerprint density at radius 3 is 2.86 bits per heavy atom. The summed E-state index contributed by atoms with van der Waals surface area (Å²) in [7, 11) is 0. The van der Waals surface area contributed by atoms with E-state index in [1.807, 2.05) is 0 Å². The first-order valence-electron chi connectivity index (χ1n) is 4.60. The van der Waals surface area contributed by atoms with Crippen LogP contribution in [0.2, 0.25) is 0 Å². The molecule has 1 aromatic carbocycles. The van der Waals surface area contributed by atoms with Crippen molar-refractivity contribution in [3.8, 4) is 0 Å². The molecule has 0 bridgehead atoms. The van der Waals surface area contributed by atoms with Crippen molar-refractivity contribution in [1.29, 1.82) is 0 Å². The Labute approximate surface area is 92.8 Å². The summed E-state index contributed by atoms with van der Waals surface area (Å²) in [6.45, 7) is 2.22. The topological polar surface area (TPSA) is 20.2 Å². The lowest BCUT2D eigenvalue weighted by Gasteiger charge is -1.96. The monoisotopic (exact) mass is 224 g/mol. The summed E-state index contributed by atoms with van der Waals surface area (Å²) in [6, 6.07) is 6.40. The normalized spacial score (nSPS) is 11.1. The first-order valence-corrected chi connectivity index (χ1v) is 5.86. The van der Waals surface area contributed by atoms with Crippen LogP contribution < -0.4 is 0 Å². The van der Waals surface area contributed by atoms with Gasteiger partial charge in [0, 0.05) is 19.9 Å². The van der Waals surface area contributed by atoms with Gasteiger partial charge in [-0.2, -0.15) is 0 Å². The van der Waals surface area contributed by atoms with Crippen LogP contribution >= 0.6 is 24.0 Å². The predicted molar refractivity (Wildman–Crippen MR) is 64.4 cm³/mol. The summed E-state index contributed by atoms with van der Waals surface area (Å²) in [4.78, 5) is 1.89. The van der Waals surface area contributed by atoms with Crippen molar-refractivity contribution in [2.24, 2.45) is 0 Å². The molecule has 2 aromatic rings. The Morgan fingerprint density at radius 2 is 2.21 bits per heavy atom. The molecule has 0 aliphatic rings. The van der Waals surface area contributed by atoms with Gasteiger partial charge in [-0.3, -0.25) is 0 Å². The lowest BCUT2D eigenvalue weighted by atomic mass is 10.1. The maximum Gasteiger partial charge on any atom is 0.0786 e. The summed E-state index contributed by atoms with van der Waals surface area (Å²) in [5.74, 6) is 0. The minimum Gasteiger partial charge on any atom is -0.391 e. The number of fused-ring (bicyclic) bond motifs is 1. The summed E-state index contributed by atoms with van der Waals surface area (Å²) in [6.07, 6.45) is 1.04. The minimum atomic E-state index is 0.0830. The fourth-order valence-electron chi connectivity index (χ4n) is 1.51. The third-order valence-electron chi connectivity index (χ3n) is 2.35. The molecule has 3 heteroatoms. The van der Waals surface area contributed by atoms with E-state index in [0.29, 0.717) is 0 Å². The van der Waals surface area contributed by atoms with Crippen molar-refractivity contribution in [2.75, 3.05) is 0 Å². The molecule has 0 atom stereocenters. The number of hydrogen-bond acceptors (Lipinski definition) is 3. The predicted octanol–water partition coefficient (Wildman–Crippen LogP) is 3.24. The fourth-order valence-corrected chi connectivity index (χ4v) is 2.92. The summed E-state index contributed by atoms with van der Waals surface area (Å²) in [5.41, 5.74) is 1.31. The highest BCUT2D eigenvalue weighted by atomic mass is 32.1. The van der Waals surface area contributed by atoms with Crippen molar-refractivity contribution < 1.29 is 5.11 Å². The Balaban J connectivity index is 2.68. The highest BCUT2D eigenvalue weighted by molar-refractivity contribution is 7.80. The van der Waals surface area contributed by atoms with Crippen molar-refractivity contribution in [3.63, 3.8) is 0 Å². The zero-order valence-electron chi connectivity index (χ0n) is 7.95. The SMILES string of the molecule is CCc1ccc2sc(CO)c(S)c2c1. The van der Waals surface area contributed by atoms with Crippen molar-refractivity contribution in [1.82, 2.24) is 0 Å². The molecule has 1 heterocycles. The molecular formula is C11H12OS2. The Morgan fingerprint density at radius 1 is 1.43 bits per heavy atom. The van der Waals surface area contributed by atoms with Crippen molar-refractivity contribution in [3.05, 3.63) is 28.6 Å². The van der Waals surface area contributed by atoms with Crippen molar-refractivity contribution in [2.45, 2.75) is 24.8 Å². The molecule has 1 nitrogen and oxygen atoms in total. The highest BCUT2D eigenvalue weighted by Gasteiger charge is 2.08. The van der Waals surface area contributed by atoms with Gasteiger partial charge >= 0.3 is 0 Å². The molecule has 2 rings (SSSR count). The summed E-state index contributed by atoms with van der Waals surface area (Å²) >= 11 is 6.05. The number of thiol groups is 1. The van der Waals surface area contributed by atoms with E-state index in [-0.39, 0.29) is 6.61 Å². The maximum atomic E-state index is 9.11. The molecule has 0 aliphatic heterocycles. The molecule has 0 fully saturated rings. The number of benzene rings is 1. The molecule has 0 spiro atoms. The van der Waals surface area contributed by atoms with E-state index in [0.717, 1.165) is 16.2 Å². The number of aliphatic hydroxyl groups excluding tert-OH is 1. The maximum absolute atomic E-state index is 9.11. The summed E-state index contributed by atoms with van der Waals surface area (Å²) in [5, 5.41) is 10.3. The molecule has 0 amide bonds. The second-order valence-corrected chi connectivity index (χ2v) is 4.80. The van der Waals surface area contributed by atoms with Gasteiger partial charge in [0.2, 0.25) is 0 Å². The van der Waals surface area contributed by atoms with Gasteiger partial charge in [0.15, 0.2) is 0 Å². The molecule has 74 valence electrons. The smallest absolute Gasteiger partial charge is 0.0786 e. The third kappa shape index (κ3) is 1.56. The van der Waals surface area contributed by atoms with E-state index >= 15 is 0 Å². The number of thiophene rings is 1. The standard InChI is InChI=1S/C11H12OS2/c1-2-7-3-4-9-8(5-7)11(13)10(6-12)14-9/h3-5,12-13H,2,6H2,1H3. The van der Waals surface area contributed by atoms with Gasteiger partial charge < -0.3 is 5.11 Å². The van der Waals surface area contributed by atoms with Crippen molar-refractivity contribution >= 4 is 34.1 Å². The van der Waals surface area contributed by atoms with E-state index in [1.54, 1.807) is 11.3 Å². The van der Waals surface area contributed by atoms with Gasteiger partial charge in [-0.25, -0.2) is 0 Å². The Bertz CT molecular complexity index is 460. The fraction of sp³-hybridized carbons (Fsp3) is 0.273. The van der Waals surface area contributed by atoms with Crippen LogP contribution in [-0.2, 0) is 13.0 Å². The van der Waals surface area contributed by atoms with Crippen LogP contribution in [0.4, 0.5) is 0 Å². The lowest BCUT2D eigenvalue weighted by molar-refractivity contribution is 0.283. The Hall–Kier alpha value is -0.510. The number of aliphatic hydroxyl groups is 1. The summed E-state index contributed by atoms with van der Waals surface area (Å²) < 4.78 is 1.20. The first-order chi connectivity index (χ1) is 6.76. The van der Waals surface area contributed by atoms with E-state index in [2.05, 4.69) is 37.8 Å². The molecule has 0 aliphatic carbocycles. The minimum absolute atomic E-state index is 0.0830. The van der Waals surface area contributed by atoms with Crippen LogP contribution in [-0.4, -0.2) is 5.11 Å². The van der Waals surface area contributed by atoms with Gasteiger partial charge in [-0.15, -0.1) is 24.0 Å². The molecule has 14 heavy (non-hydrogen) atoms. The molecule has 1 aromatic heterocycles. The Kier molecular flexibility index (Phi) is 2.81. The van der Waals surface area contributed by atoms with Crippen LogP contribution in [0.25, 0.3) is 10.1 Å². The van der Waals surface area contributed by atoms with Gasteiger partial charge in [-0.05, 0) is 24.1 Å². The first kappa shape index (κ1) is 10.0. The van der Waals surface area contributed by atoms with Crippen LogP contribution in [0, 0.1) is 0 Å². The largest absolute Gasteiger partial charge is 0.391 e. The molecule has 0 saturated carbocycles. The van der Waals surface area contributed by atoms with Gasteiger partial charge in [0.25, 0.3) is 0 Å². The third-order valence-corrected chi connectivity index (χ3v) is 4.17. The van der Waals surface area contributed by atoms with Gasteiger partial charge in [-0.1, -0.05) is 13.0 Å². The van der Waals surface area contributed by atoms with Crippen LogP contribution in [0.15, 0.2) is 23.1 Å². The molecule has 0 saturated heterocycles. The zero-order valence-corrected chi connectivity index (χ0v) is 9.66. The average molecular weight is 224 g/mol. The molecule has 0 unspecified atom stereocenters. The highest BCUT2D eigenvalue weighted by Crippen LogP contribution is 2.34. The molecular weight excluding hydrogens is 212 g/mol. The second-order valence-electron chi connectivity index (χ2n) is 3.22. The van der Waals surface area contributed by atoms with Gasteiger partial charge in [0.1, 0.15) is 0 Å². The zero-order chi connectivity index (χ0) is 10.1. The number of rotatable bonds is 2. The second kappa shape index (κ2) is 3.93. The van der Waals surface area contributed by atoms with Crippen LogP contribution in [0.1, 0.15) is 17.4 Å². The number of aryl methyl sites for hydroxylation is 1. The van der Waals surface area contributed by atoms with Gasteiger partial charge in [0.05, 0.1) is 6.61 Å².